The Bertz CT molecular complexity index is 300. The van der Waals surface area contributed by atoms with Crippen molar-refractivity contribution in [3.05, 3.63) is 15.5 Å². The van der Waals surface area contributed by atoms with Crippen LogP contribution in [-0.4, -0.2) is 24.1 Å². The lowest BCUT2D eigenvalue weighted by Crippen LogP contribution is -2.12. The standard InChI is InChI=1S/C6H6Cl3N3/c1-12(2)5-3(7)4(8)10-6(9)11-5/h1-2H3. The highest BCUT2D eigenvalue weighted by Crippen LogP contribution is 2.29. The fourth-order valence-electron chi connectivity index (χ4n) is 0.680. The molecule has 1 aromatic heterocycles. The summed E-state index contributed by atoms with van der Waals surface area (Å²) in [6, 6.07) is 0. The van der Waals surface area contributed by atoms with E-state index < -0.39 is 0 Å². The predicted molar refractivity (Wildman–Crippen MR) is 51.4 cm³/mol. The van der Waals surface area contributed by atoms with Gasteiger partial charge in [0, 0.05) is 14.1 Å². The van der Waals surface area contributed by atoms with E-state index in [9.17, 15) is 0 Å². The molecule has 0 aliphatic rings. The van der Waals surface area contributed by atoms with E-state index in [2.05, 4.69) is 9.97 Å². The second-order valence-electron chi connectivity index (χ2n) is 2.32. The molecule has 3 nitrogen and oxygen atoms in total. The topological polar surface area (TPSA) is 29.0 Å². The Morgan fingerprint density at radius 3 is 2.17 bits per heavy atom. The number of hydrogen-bond acceptors (Lipinski definition) is 3. The van der Waals surface area contributed by atoms with Gasteiger partial charge in [0.2, 0.25) is 5.28 Å². The van der Waals surface area contributed by atoms with Crippen LogP contribution < -0.4 is 4.90 Å². The van der Waals surface area contributed by atoms with Crippen LogP contribution in [0.2, 0.25) is 15.5 Å². The van der Waals surface area contributed by atoms with Crippen LogP contribution in [0.15, 0.2) is 0 Å². The Balaban J connectivity index is 3.28. The molecule has 66 valence electrons. The fourth-order valence-corrected chi connectivity index (χ4v) is 1.31. The van der Waals surface area contributed by atoms with E-state index >= 15 is 0 Å². The molecule has 0 radical (unpaired) electrons. The molecular formula is C6H6Cl3N3. The minimum Gasteiger partial charge on any atom is -0.361 e. The second kappa shape index (κ2) is 3.64. The Kier molecular flexibility index (Phi) is 2.99. The number of nitrogens with zero attached hydrogens (tertiary/aromatic N) is 3. The number of halogens is 3. The van der Waals surface area contributed by atoms with Gasteiger partial charge in [0.15, 0.2) is 11.0 Å². The van der Waals surface area contributed by atoms with Crippen LogP contribution >= 0.6 is 34.8 Å². The smallest absolute Gasteiger partial charge is 0.225 e. The summed E-state index contributed by atoms with van der Waals surface area (Å²) in [5.41, 5.74) is 0. The molecule has 12 heavy (non-hydrogen) atoms. The molecule has 0 spiro atoms. The summed E-state index contributed by atoms with van der Waals surface area (Å²) in [6.07, 6.45) is 0. The van der Waals surface area contributed by atoms with Gasteiger partial charge in [0.25, 0.3) is 0 Å². The molecule has 0 atom stereocenters. The van der Waals surface area contributed by atoms with E-state index in [0.717, 1.165) is 0 Å². The zero-order valence-electron chi connectivity index (χ0n) is 6.48. The van der Waals surface area contributed by atoms with Gasteiger partial charge in [-0.2, -0.15) is 4.98 Å². The Morgan fingerprint density at radius 1 is 1.08 bits per heavy atom. The van der Waals surface area contributed by atoms with Crippen LogP contribution in [0.1, 0.15) is 0 Å². The maximum atomic E-state index is 5.80. The van der Waals surface area contributed by atoms with Crippen molar-refractivity contribution >= 4 is 40.6 Å². The van der Waals surface area contributed by atoms with Gasteiger partial charge in [-0.1, -0.05) is 23.2 Å². The first-order chi connectivity index (χ1) is 5.52. The van der Waals surface area contributed by atoms with Gasteiger partial charge in [-0.3, -0.25) is 0 Å². The lowest BCUT2D eigenvalue weighted by atomic mass is 10.5. The molecular weight excluding hydrogens is 220 g/mol. The highest BCUT2D eigenvalue weighted by Gasteiger charge is 2.11. The maximum absolute atomic E-state index is 5.80. The molecule has 0 N–H and O–H groups in total. The lowest BCUT2D eigenvalue weighted by molar-refractivity contribution is 1.04. The van der Waals surface area contributed by atoms with Gasteiger partial charge >= 0.3 is 0 Å². The van der Waals surface area contributed by atoms with Crippen LogP contribution in [0.25, 0.3) is 0 Å². The zero-order valence-corrected chi connectivity index (χ0v) is 8.74. The third-order valence-corrected chi connectivity index (χ3v) is 2.08. The normalized spacial score (nSPS) is 10.1. The Labute approximate surface area is 85.3 Å². The molecule has 0 bridgehead atoms. The summed E-state index contributed by atoms with van der Waals surface area (Å²) in [4.78, 5) is 9.28. The van der Waals surface area contributed by atoms with Gasteiger partial charge < -0.3 is 4.90 Å². The van der Waals surface area contributed by atoms with Crippen LogP contribution in [0, 0.1) is 0 Å². The molecule has 0 unspecified atom stereocenters. The first-order valence-corrected chi connectivity index (χ1v) is 4.21. The lowest BCUT2D eigenvalue weighted by Gasteiger charge is -2.12. The van der Waals surface area contributed by atoms with E-state index in [-0.39, 0.29) is 10.4 Å². The van der Waals surface area contributed by atoms with Crippen LogP contribution in [0.4, 0.5) is 5.82 Å². The van der Waals surface area contributed by atoms with Crippen molar-refractivity contribution in [2.75, 3.05) is 19.0 Å². The summed E-state index contributed by atoms with van der Waals surface area (Å²) < 4.78 is 0. The van der Waals surface area contributed by atoms with E-state index in [1.165, 1.54) is 0 Å². The van der Waals surface area contributed by atoms with Crippen molar-refractivity contribution in [3.63, 3.8) is 0 Å². The molecule has 1 rings (SSSR count). The van der Waals surface area contributed by atoms with E-state index in [1.54, 1.807) is 19.0 Å². The van der Waals surface area contributed by atoms with Gasteiger partial charge in [0.1, 0.15) is 5.02 Å². The van der Waals surface area contributed by atoms with Crippen molar-refractivity contribution in [1.82, 2.24) is 9.97 Å². The van der Waals surface area contributed by atoms with E-state index in [4.69, 9.17) is 34.8 Å². The van der Waals surface area contributed by atoms with Crippen LogP contribution in [0.5, 0.6) is 0 Å². The molecule has 1 heterocycles. The largest absolute Gasteiger partial charge is 0.361 e. The fraction of sp³-hybridized carbons (Fsp3) is 0.333. The summed E-state index contributed by atoms with van der Waals surface area (Å²) in [7, 11) is 3.59. The number of anilines is 1. The van der Waals surface area contributed by atoms with Gasteiger partial charge in [-0.05, 0) is 11.6 Å². The number of rotatable bonds is 1. The van der Waals surface area contributed by atoms with Crippen molar-refractivity contribution in [2.24, 2.45) is 0 Å². The highest BCUT2D eigenvalue weighted by molar-refractivity contribution is 6.43. The quantitative estimate of drug-likeness (QED) is 0.544. The Hall–Kier alpha value is -0.250. The molecule has 0 aliphatic heterocycles. The van der Waals surface area contributed by atoms with Crippen LogP contribution in [0.3, 0.4) is 0 Å². The van der Waals surface area contributed by atoms with Gasteiger partial charge in [0.05, 0.1) is 0 Å². The van der Waals surface area contributed by atoms with E-state index in [1.807, 2.05) is 0 Å². The van der Waals surface area contributed by atoms with Gasteiger partial charge in [-0.15, -0.1) is 0 Å². The Morgan fingerprint density at radius 2 is 1.67 bits per heavy atom. The first kappa shape index (κ1) is 9.84. The molecule has 0 amide bonds. The average Bonchev–Trinajstić information content (AvgIpc) is 1.96. The minimum absolute atomic E-state index is 0.0908. The molecule has 0 saturated carbocycles. The van der Waals surface area contributed by atoms with Crippen LogP contribution in [-0.2, 0) is 0 Å². The minimum atomic E-state index is 0.0908. The predicted octanol–water partition coefficient (Wildman–Crippen LogP) is 2.50. The summed E-state index contributed by atoms with van der Waals surface area (Å²) in [6.45, 7) is 0. The maximum Gasteiger partial charge on any atom is 0.225 e. The molecule has 0 aliphatic carbocycles. The average molecular weight is 226 g/mol. The third-order valence-electron chi connectivity index (χ3n) is 1.19. The monoisotopic (exact) mass is 225 g/mol. The molecule has 0 fully saturated rings. The van der Waals surface area contributed by atoms with E-state index in [0.29, 0.717) is 10.8 Å². The zero-order chi connectivity index (χ0) is 9.30. The second-order valence-corrected chi connectivity index (χ2v) is 3.39. The van der Waals surface area contributed by atoms with Crippen molar-refractivity contribution < 1.29 is 0 Å². The van der Waals surface area contributed by atoms with Crippen molar-refractivity contribution in [3.8, 4) is 0 Å². The molecule has 6 heteroatoms. The highest BCUT2D eigenvalue weighted by atomic mass is 35.5. The summed E-state index contributed by atoms with van der Waals surface area (Å²) >= 11 is 17.0. The molecule has 0 aromatic carbocycles. The molecule has 1 aromatic rings. The summed E-state index contributed by atoms with van der Waals surface area (Å²) in [5.74, 6) is 0.515. The molecule has 0 saturated heterocycles. The summed E-state index contributed by atoms with van der Waals surface area (Å²) in [5, 5.41) is 0.569. The SMILES string of the molecule is CN(C)c1nc(Cl)nc(Cl)c1Cl. The van der Waals surface area contributed by atoms with Crippen molar-refractivity contribution in [2.45, 2.75) is 0 Å². The number of hydrogen-bond donors (Lipinski definition) is 0. The van der Waals surface area contributed by atoms with Gasteiger partial charge in [-0.25, -0.2) is 4.98 Å². The number of aromatic nitrogens is 2. The first-order valence-electron chi connectivity index (χ1n) is 3.08. The third kappa shape index (κ3) is 1.91. The van der Waals surface area contributed by atoms with Crippen molar-refractivity contribution in [1.29, 1.82) is 0 Å².